The largest absolute Gasteiger partial charge is 0.380 e. The highest BCUT2D eigenvalue weighted by atomic mass is 16.5. The standard InChI is InChI=1S/C20H30N4O2/c1-15-12-18(13-21-19(15)24-9-5-4-6-16(24)2)22-20(25)23-10-7-17(8-11-23)14-26-3/h7,12-13,16H,4-6,8-11,14H2,1-3H3,(H,22,25)/t16-/m0/s1. The lowest BCUT2D eigenvalue weighted by Gasteiger charge is -2.35. The molecule has 3 heterocycles. The van der Waals surface area contributed by atoms with Crippen molar-refractivity contribution in [3.8, 4) is 0 Å². The molecule has 2 aliphatic heterocycles. The van der Waals surface area contributed by atoms with E-state index in [0.717, 1.165) is 36.6 Å². The number of hydrogen-bond acceptors (Lipinski definition) is 4. The first-order valence-electron chi connectivity index (χ1n) is 9.54. The van der Waals surface area contributed by atoms with Gasteiger partial charge in [-0.05, 0) is 56.7 Å². The summed E-state index contributed by atoms with van der Waals surface area (Å²) in [5.74, 6) is 1.04. The van der Waals surface area contributed by atoms with Gasteiger partial charge in [-0.3, -0.25) is 0 Å². The minimum absolute atomic E-state index is 0.0713. The summed E-state index contributed by atoms with van der Waals surface area (Å²) in [6, 6.07) is 2.48. The minimum Gasteiger partial charge on any atom is -0.380 e. The maximum absolute atomic E-state index is 12.5. The van der Waals surface area contributed by atoms with Gasteiger partial charge in [0.1, 0.15) is 5.82 Å². The van der Waals surface area contributed by atoms with Gasteiger partial charge in [0, 0.05) is 32.8 Å². The van der Waals surface area contributed by atoms with Crippen molar-refractivity contribution in [3.05, 3.63) is 29.5 Å². The molecule has 2 amide bonds. The summed E-state index contributed by atoms with van der Waals surface area (Å²) in [7, 11) is 1.70. The average Bonchev–Trinajstić information content (AvgIpc) is 2.64. The van der Waals surface area contributed by atoms with Gasteiger partial charge < -0.3 is 19.9 Å². The van der Waals surface area contributed by atoms with Crippen molar-refractivity contribution in [2.24, 2.45) is 0 Å². The number of methoxy groups -OCH3 is 1. The summed E-state index contributed by atoms with van der Waals surface area (Å²) in [6.07, 6.45) is 8.45. The van der Waals surface area contributed by atoms with E-state index >= 15 is 0 Å². The van der Waals surface area contributed by atoms with Crippen LogP contribution in [-0.4, -0.2) is 55.3 Å². The third-order valence-electron chi connectivity index (χ3n) is 5.30. The first-order valence-corrected chi connectivity index (χ1v) is 9.54. The van der Waals surface area contributed by atoms with Gasteiger partial charge >= 0.3 is 6.03 Å². The summed E-state index contributed by atoms with van der Waals surface area (Å²) in [5, 5.41) is 2.99. The quantitative estimate of drug-likeness (QED) is 0.836. The molecule has 2 aliphatic rings. The molecule has 0 spiro atoms. The Morgan fingerprint density at radius 1 is 1.38 bits per heavy atom. The molecule has 1 aromatic rings. The molecule has 1 fully saturated rings. The fourth-order valence-electron chi connectivity index (χ4n) is 3.76. The number of carbonyl (C=O) groups excluding carboxylic acids is 1. The molecule has 0 unspecified atom stereocenters. The highest BCUT2D eigenvalue weighted by Gasteiger charge is 2.22. The van der Waals surface area contributed by atoms with Crippen LogP contribution in [0.1, 0.15) is 38.2 Å². The van der Waals surface area contributed by atoms with E-state index in [9.17, 15) is 4.79 Å². The van der Waals surface area contributed by atoms with Crippen molar-refractivity contribution in [2.75, 3.05) is 43.6 Å². The van der Waals surface area contributed by atoms with Crippen LogP contribution in [0, 0.1) is 6.92 Å². The number of nitrogens with zero attached hydrogens (tertiary/aromatic N) is 3. The summed E-state index contributed by atoms with van der Waals surface area (Å²) in [5.41, 5.74) is 3.12. The maximum Gasteiger partial charge on any atom is 0.322 e. The highest BCUT2D eigenvalue weighted by molar-refractivity contribution is 5.89. The Kier molecular flexibility index (Phi) is 6.14. The number of nitrogens with one attached hydrogen (secondary N) is 1. The Morgan fingerprint density at radius 3 is 2.88 bits per heavy atom. The third kappa shape index (κ3) is 4.36. The van der Waals surface area contributed by atoms with Gasteiger partial charge in [-0.25, -0.2) is 9.78 Å². The van der Waals surface area contributed by atoms with Crippen molar-refractivity contribution >= 4 is 17.5 Å². The Bertz CT molecular complexity index is 674. The molecule has 0 aromatic carbocycles. The number of ether oxygens (including phenoxy) is 1. The Labute approximate surface area is 156 Å². The average molecular weight is 358 g/mol. The molecule has 1 aromatic heterocycles. The maximum atomic E-state index is 12.5. The van der Waals surface area contributed by atoms with E-state index in [1.165, 1.54) is 24.8 Å². The number of rotatable bonds is 4. The van der Waals surface area contributed by atoms with Gasteiger partial charge in [0.05, 0.1) is 18.5 Å². The van der Waals surface area contributed by atoms with Crippen LogP contribution in [0.3, 0.4) is 0 Å². The van der Waals surface area contributed by atoms with Crippen molar-refractivity contribution in [3.63, 3.8) is 0 Å². The third-order valence-corrected chi connectivity index (χ3v) is 5.30. The van der Waals surface area contributed by atoms with E-state index in [4.69, 9.17) is 4.74 Å². The van der Waals surface area contributed by atoms with Gasteiger partial charge in [-0.1, -0.05) is 6.08 Å². The number of aryl methyl sites for hydroxylation is 1. The van der Waals surface area contributed by atoms with Gasteiger partial charge in [0.25, 0.3) is 0 Å². The molecule has 0 aliphatic carbocycles. The fraction of sp³-hybridized carbons (Fsp3) is 0.600. The van der Waals surface area contributed by atoms with Gasteiger partial charge in [0.2, 0.25) is 0 Å². The van der Waals surface area contributed by atoms with Crippen LogP contribution in [0.25, 0.3) is 0 Å². The molecule has 6 nitrogen and oxygen atoms in total. The zero-order valence-corrected chi connectivity index (χ0v) is 16.1. The van der Waals surface area contributed by atoms with Crippen molar-refractivity contribution in [1.29, 1.82) is 0 Å². The highest BCUT2D eigenvalue weighted by Crippen LogP contribution is 2.27. The summed E-state index contributed by atoms with van der Waals surface area (Å²) in [6.45, 7) is 7.38. The Hall–Kier alpha value is -2.08. The Balaban J connectivity index is 1.62. The molecule has 1 atom stereocenters. The summed E-state index contributed by atoms with van der Waals surface area (Å²) in [4.78, 5) is 21.3. The van der Waals surface area contributed by atoms with E-state index < -0.39 is 0 Å². The smallest absolute Gasteiger partial charge is 0.322 e. The van der Waals surface area contributed by atoms with E-state index in [1.807, 2.05) is 11.0 Å². The second-order valence-corrected chi connectivity index (χ2v) is 7.32. The summed E-state index contributed by atoms with van der Waals surface area (Å²) >= 11 is 0. The van der Waals surface area contributed by atoms with Crippen LogP contribution in [-0.2, 0) is 4.74 Å². The molecule has 142 valence electrons. The van der Waals surface area contributed by atoms with Crippen molar-refractivity contribution in [1.82, 2.24) is 9.88 Å². The normalized spacial score (nSPS) is 20.7. The predicted octanol–water partition coefficient (Wildman–Crippen LogP) is 3.58. The molecule has 0 saturated carbocycles. The molecule has 26 heavy (non-hydrogen) atoms. The lowest BCUT2D eigenvalue weighted by atomic mass is 10.0. The van der Waals surface area contributed by atoms with Crippen molar-refractivity contribution in [2.45, 2.75) is 45.6 Å². The lowest BCUT2D eigenvalue weighted by Crippen LogP contribution is -2.39. The molecule has 6 heteroatoms. The predicted molar refractivity (Wildman–Crippen MR) is 105 cm³/mol. The van der Waals surface area contributed by atoms with E-state index in [-0.39, 0.29) is 6.03 Å². The molecule has 0 radical (unpaired) electrons. The molecule has 0 bridgehead atoms. The van der Waals surface area contributed by atoms with Crippen LogP contribution < -0.4 is 10.2 Å². The fourth-order valence-corrected chi connectivity index (χ4v) is 3.76. The van der Waals surface area contributed by atoms with Crippen LogP contribution in [0.5, 0.6) is 0 Å². The van der Waals surface area contributed by atoms with E-state index in [2.05, 4.69) is 35.1 Å². The minimum atomic E-state index is -0.0713. The second-order valence-electron chi connectivity index (χ2n) is 7.32. The van der Waals surface area contributed by atoms with Crippen LogP contribution >= 0.6 is 0 Å². The number of hydrogen-bond donors (Lipinski definition) is 1. The molecular formula is C20H30N4O2. The first kappa shape index (κ1) is 18.7. The number of amides is 2. The molecule has 1 N–H and O–H groups in total. The topological polar surface area (TPSA) is 57.7 Å². The van der Waals surface area contributed by atoms with E-state index in [1.54, 1.807) is 13.3 Å². The summed E-state index contributed by atoms with van der Waals surface area (Å²) < 4.78 is 5.15. The second kappa shape index (κ2) is 8.54. The zero-order valence-electron chi connectivity index (χ0n) is 16.1. The number of anilines is 2. The first-order chi connectivity index (χ1) is 12.6. The van der Waals surface area contributed by atoms with Crippen LogP contribution in [0.4, 0.5) is 16.3 Å². The number of pyridine rings is 1. The van der Waals surface area contributed by atoms with E-state index in [0.29, 0.717) is 19.2 Å². The zero-order chi connectivity index (χ0) is 18.5. The Morgan fingerprint density at radius 2 is 2.23 bits per heavy atom. The monoisotopic (exact) mass is 358 g/mol. The molecule has 1 saturated heterocycles. The number of piperidine rings is 1. The van der Waals surface area contributed by atoms with Gasteiger partial charge in [-0.2, -0.15) is 0 Å². The van der Waals surface area contributed by atoms with Crippen LogP contribution in [0.2, 0.25) is 0 Å². The van der Waals surface area contributed by atoms with Gasteiger partial charge in [0.15, 0.2) is 0 Å². The van der Waals surface area contributed by atoms with Crippen LogP contribution in [0.15, 0.2) is 23.9 Å². The lowest BCUT2D eigenvalue weighted by molar-refractivity contribution is 0.203. The number of urea groups is 1. The molecule has 3 rings (SSSR count). The number of aromatic nitrogens is 1. The van der Waals surface area contributed by atoms with Crippen molar-refractivity contribution < 1.29 is 9.53 Å². The number of carbonyl (C=O) groups is 1. The molecular weight excluding hydrogens is 328 g/mol. The SMILES string of the molecule is COCC1=CCN(C(=O)Nc2cnc(N3CCCC[C@@H]3C)c(C)c2)CC1. The van der Waals surface area contributed by atoms with Gasteiger partial charge in [-0.15, -0.1) is 0 Å².